The van der Waals surface area contributed by atoms with Crippen LogP contribution in [-0.2, 0) is 6.42 Å². The molecule has 0 N–H and O–H groups in total. The van der Waals surface area contributed by atoms with Crippen molar-refractivity contribution in [2.24, 2.45) is 0 Å². The Morgan fingerprint density at radius 3 is 2.63 bits per heavy atom. The van der Waals surface area contributed by atoms with Crippen LogP contribution in [0.4, 0.5) is 10.3 Å². The third-order valence-electron chi connectivity index (χ3n) is 3.33. The van der Waals surface area contributed by atoms with Gasteiger partial charge in [-0.15, -0.1) is 0 Å². The molecule has 0 atom stereocenters. The van der Waals surface area contributed by atoms with Crippen LogP contribution in [0, 0.1) is 5.82 Å². The van der Waals surface area contributed by atoms with E-state index in [1.54, 1.807) is 24.5 Å². The van der Waals surface area contributed by atoms with Crippen LogP contribution in [-0.4, -0.2) is 22.6 Å². The van der Waals surface area contributed by atoms with Gasteiger partial charge >= 0.3 is 0 Å². The van der Waals surface area contributed by atoms with Crippen LogP contribution in [0.5, 0.6) is 0 Å². The molecule has 4 heteroatoms. The molecule has 0 bridgehead atoms. The number of rotatable bonds is 5. The number of halogens is 1. The molecule has 3 nitrogen and oxygen atoms in total. The number of anilines is 1. The van der Waals surface area contributed by atoms with E-state index in [2.05, 4.69) is 14.9 Å². The molecule has 1 aliphatic rings. The fourth-order valence-electron chi connectivity index (χ4n) is 2.21. The van der Waals surface area contributed by atoms with Gasteiger partial charge < -0.3 is 4.90 Å². The van der Waals surface area contributed by atoms with Crippen molar-refractivity contribution in [2.45, 2.75) is 25.3 Å². The summed E-state index contributed by atoms with van der Waals surface area (Å²) >= 11 is 0. The molecule has 0 saturated heterocycles. The second-order valence-electron chi connectivity index (χ2n) is 4.85. The predicted molar refractivity (Wildman–Crippen MR) is 72.5 cm³/mol. The molecule has 19 heavy (non-hydrogen) atoms. The van der Waals surface area contributed by atoms with Crippen molar-refractivity contribution in [2.75, 3.05) is 11.4 Å². The van der Waals surface area contributed by atoms with Crippen molar-refractivity contribution in [3.8, 4) is 0 Å². The minimum Gasteiger partial charge on any atom is -0.338 e. The molecule has 1 heterocycles. The van der Waals surface area contributed by atoms with Gasteiger partial charge in [-0.1, -0.05) is 12.1 Å². The molecular weight excluding hydrogens is 241 g/mol. The van der Waals surface area contributed by atoms with Crippen molar-refractivity contribution in [1.82, 2.24) is 9.97 Å². The fourth-order valence-corrected chi connectivity index (χ4v) is 2.21. The van der Waals surface area contributed by atoms with Gasteiger partial charge in [0, 0.05) is 25.0 Å². The van der Waals surface area contributed by atoms with Crippen LogP contribution in [0.15, 0.2) is 42.7 Å². The van der Waals surface area contributed by atoms with Gasteiger partial charge in [0.25, 0.3) is 0 Å². The Labute approximate surface area is 112 Å². The standard InChI is InChI=1S/C15H16FN3/c16-13-4-1-3-12(11-13)7-10-19(14-5-6-14)15-17-8-2-9-18-15/h1-4,8-9,11,14H,5-7,10H2. The molecule has 98 valence electrons. The summed E-state index contributed by atoms with van der Waals surface area (Å²) in [6, 6.07) is 9.15. The first-order valence-corrected chi connectivity index (χ1v) is 6.61. The second kappa shape index (κ2) is 5.34. The number of hydrogen-bond donors (Lipinski definition) is 0. The summed E-state index contributed by atoms with van der Waals surface area (Å²) in [5.41, 5.74) is 1.02. The lowest BCUT2D eigenvalue weighted by Gasteiger charge is -2.22. The number of nitrogens with zero attached hydrogens (tertiary/aromatic N) is 3. The van der Waals surface area contributed by atoms with Crippen LogP contribution < -0.4 is 4.90 Å². The second-order valence-corrected chi connectivity index (χ2v) is 4.85. The first-order chi connectivity index (χ1) is 9.33. The van der Waals surface area contributed by atoms with Crippen LogP contribution in [0.25, 0.3) is 0 Å². The highest BCUT2D eigenvalue weighted by Gasteiger charge is 2.30. The van der Waals surface area contributed by atoms with E-state index in [4.69, 9.17) is 0 Å². The maximum absolute atomic E-state index is 13.1. The van der Waals surface area contributed by atoms with Gasteiger partial charge in [-0.25, -0.2) is 14.4 Å². The van der Waals surface area contributed by atoms with E-state index >= 15 is 0 Å². The molecule has 2 aromatic rings. The van der Waals surface area contributed by atoms with Gasteiger partial charge in [0.2, 0.25) is 5.95 Å². The topological polar surface area (TPSA) is 29.0 Å². The molecule has 1 aliphatic carbocycles. The Morgan fingerprint density at radius 2 is 1.95 bits per heavy atom. The minimum absolute atomic E-state index is 0.175. The van der Waals surface area contributed by atoms with Gasteiger partial charge in [-0.3, -0.25) is 0 Å². The zero-order valence-corrected chi connectivity index (χ0v) is 10.7. The normalized spacial score (nSPS) is 14.4. The highest BCUT2D eigenvalue weighted by Crippen LogP contribution is 2.29. The molecule has 1 fully saturated rings. The quantitative estimate of drug-likeness (QED) is 0.824. The molecule has 0 radical (unpaired) electrons. The minimum atomic E-state index is -0.175. The molecule has 3 rings (SSSR count). The number of benzene rings is 1. The van der Waals surface area contributed by atoms with Gasteiger partial charge in [0.05, 0.1) is 0 Å². The van der Waals surface area contributed by atoms with E-state index in [1.807, 2.05) is 12.1 Å². The molecule has 1 aromatic carbocycles. The Morgan fingerprint density at radius 1 is 1.16 bits per heavy atom. The van der Waals surface area contributed by atoms with Crippen LogP contribution in [0.3, 0.4) is 0 Å². The lowest BCUT2D eigenvalue weighted by atomic mass is 10.1. The molecule has 0 amide bonds. The highest BCUT2D eigenvalue weighted by molar-refractivity contribution is 5.33. The Bertz CT molecular complexity index is 540. The van der Waals surface area contributed by atoms with E-state index in [0.717, 1.165) is 24.5 Å². The Kier molecular flexibility index (Phi) is 3.40. The van der Waals surface area contributed by atoms with Crippen molar-refractivity contribution >= 4 is 5.95 Å². The smallest absolute Gasteiger partial charge is 0.225 e. The molecule has 0 spiro atoms. The summed E-state index contributed by atoms with van der Waals surface area (Å²) in [6.45, 7) is 0.831. The summed E-state index contributed by atoms with van der Waals surface area (Å²) < 4.78 is 13.1. The predicted octanol–water partition coefficient (Wildman–Crippen LogP) is 2.83. The summed E-state index contributed by atoms with van der Waals surface area (Å²) in [4.78, 5) is 10.8. The van der Waals surface area contributed by atoms with Crippen molar-refractivity contribution < 1.29 is 4.39 Å². The van der Waals surface area contributed by atoms with E-state index in [9.17, 15) is 4.39 Å². The summed E-state index contributed by atoms with van der Waals surface area (Å²) in [7, 11) is 0. The summed E-state index contributed by atoms with van der Waals surface area (Å²) in [5, 5.41) is 0. The maximum atomic E-state index is 13.1. The zero-order valence-electron chi connectivity index (χ0n) is 10.7. The fraction of sp³-hybridized carbons (Fsp3) is 0.333. The maximum Gasteiger partial charge on any atom is 0.225 e. The molecular formula is C15H16FN3. The Hall–Kier alpha value is -1.97. The van der Waals surface area contributed by atoms with E-state index in [1.165, 1.54) is 18.9 Å². The van der Waals surface area contributed by atoms with Crippen molar-refractivity contribution in [1.29, 1.82) is 0 Å². The summed E-state index contributed by atoms with van der Waals surface area (Å²) in [6.07, 6.45) is 6.73. The highest BCUT2D eigenvalue weighted by atomic mass is 19.1. The lowest BCUT2D eigenvalue weighted by Crippen LogP contribution is -2.29. The van der Waals surface area contributed by atoms with E-state index < -0.39 is 0 Å². The largest absolute Gasteiger partial charge is 0.338 e. The van der Waals surface area contributed by atoms with Crippen LogP contribution in [0.2, 0.25) is 0 Å². The number of aromatic nitrogens is 2. The summed E-state index contributed by atoms with van der Waals surface area (Å²) in [5.74, 6) is 0.604. The third kappa shape index (κ3) is 3.08. The number of hydrogen-bond acceptors (Lipinski definition) is 3. The van der Waals surface area contributed by atoms with Gasteiger partial charge in [0.1, 0.15) is 5.82 Å². The van der Waals surface area contributed by atoms with E-state index in [0.29, 0.717) is 6.04 Å². The first kappa shape index (κ1) is 12.1. The molecule has 1 aromatic heterocycles. The van der Waals surface area contributed by atoms with Crippen LogP contribution in [0.1, 0.15) is 18.4 Å². The van der Waals surface area contributed by atoms with Crippen LogP contribution >= 0.6 is 0 Å². The molecule has 0 unspecified atom stereocenters. The molecule has 1 saturated carbocycles. The van der Waals surface area contributed by atoms with Gasteiger partial charge in [0.15, 0.2) is 0 Å². The van der Waals surface area contributed by atoms with Gasteiger partial charge in [-0.2, -0.15) is 0 Å². The zero-order chi connectivity index (χ0) is 13.1. The molecule has 0 aliphatic heterocycles. The third-order valence-corrected chi connectivity index (χ3v) is 3.33. The lowest BCUT2D eigenvalue weighted by molar-refractivity contribution is 0.624. The average Bonchev–Trinajstić information content (AvgIpc) is 3.25. The SMILES string of the molecule is Fc1cccc(CCN(c2ncccn2)C2CC2)c1. The van der Waals surface area contributed by atoms with Crippen molar-refractivity contribution in [3.63, 3.8) is 0 Å². The Balaban J connectivity index is 1.69. The first-order valence-electron chi connectivity index (χ1n) is 6.61. The van der Waals surface area contributed by atoms with Crippen molar-refractivity contribution in [3.05, 3.63) is 54.1 Å². The monoisotopic (exact) mass is 257 g/mol. The van der Waals surface area contributed by atoms with E-state index in [-0.39, 0.29) is 5.82 Å². The van der Waals surface area contributed by atoms with Gasteiger partial charge in [-0.05, 0) is 43.0 Å². The average molecular weight is 257 g/mol.